The molecule has 0 heterocycles. The van der Waals surface area contributed by atoms with Crippen LogP contribution in [0.15, 0.2) is 24.0 Å². The molecule has 8 heavy (non-hydrogen) atoms. The molecule has 0 spiro atoms. The van der Waals surface area contributed by atoms with Crippen LogP contribution in [0.5, 0.6) is 0 Å². The highest BCUT2D eigenvalue weighted by Crippen LogP contribution is 1.76. The minimum Gasteiger partial charge on any atom is -0.384 e. The molecule has 0 aromatic heterocycles. The van der Waals surface area contributed by atoms with E-state index >= 15 is 0 Å². The van der Waals surface area contributed by atoms with Crippen molar-refractivity contribution in [2.45, 2.75) is 6.92 Å². The summed E-state index contributed by atoms with van der Waals surface area (Å²) in [6.07, 6.45) is 5.09. The number of hydroxylamine groups is 1. The van der Waals surface area contributed by atoms with Gasteiger partial charge in [-0.05, 0) is 13.0 Å². The van der Waals surface area contributed by atoms with Gasteiger partial charge in [0.25, 0.3) is 0 Å². The molecule has 0 bridgehead atoms. The molecule has 0 aliphatic carbocycles. The highest BCUT2D eigenvalue weighted by molar-refractivity contribution is 5.05. The first kappa shape index (κ1) is 7.04. The lowest BCUT2D eigenvalue weighted by molar-refractivity contribution is 0.199. The van der Waals surface area contributed by atoms with E-state index in [0.29, 0.717) is 0 Å². The maximum absolute atomic E-state index is 8.08. The van der Waals surface area contributed by atoms with Gasteiger partial charge in [0.15, 0.2) is 0 Å². The Morgan fingerprint density at radius 3 is 2.75 bits per heavy atom. The molecular weight excluding hydrogens is 104 g/mol. The van der Waals surface area contributed by atoms with Crippen molar-refractivity contribution in [2.75, 3.05) is 0 Å². The van der Waals surface area contributed by atoms with Gasteiger partial charge in [-0.1, -0.05) is 12.2 Å². The van der Waals surface area contributed by atoms with Gasteiger partial charge in [0.2, 0.25) is 0 Å². The summed E-state index contributed by atoms with van der Waals surface area (Å²) in [7, 11) is 0. The predicted molar refractivity (Wildman–Crippen MR) is 32.0 cm³/mol. The van der Waals surface area contributed by atoms with Crippen molar-refractivity contribution in [2.24, 2.45) is 5.73 Å². The van der Waals surface area contributed by atoms with E-state index in [9.17, 15) is 0 Å². The summed E-state index contributed by atoms with van der Waals surface area (Å²) in [5.41, 5.74) is 6.90. The first-order chi connectivity index (χ1) is 3.81. The molecule has 0 saturated heterocycles. The van der Waals surface area contributed by atoms with Crippen molar-refractivity contribution in [1.82, 2.24) is 5.48 Å². The topological polar surface area (TPSA) is 58.3 Å². The second kappa shape index (κ2) is 4.21. The lowest BCUT2D eigenvalue weighted by atomic mass is 10.5. The molecule has 0 aliphatic rings. The number of hydrogen-bond donors (Lipinski definition) is 3. The van der Waals surface area contributed by atoms with Crippen molar-refractivity contribution in [1.29, 1.82) is 0 Å². The number of nitrogens with one attached hydrogen (secondary N) is 1. The summed E-state index contributed by atoms with van der Waals surface area (Å²) in [4.78, 5) is 0. The van der Waals surface area contributed by atoms with Gasteiger partial charge in [-0.2, -0.15) is 0 Å². The van der Waals surface area contributed by atoms with E-state index in [2.05, 4.69) is 0 Å². The maximum Gasteiger partial charge on any atom is 0.120 e. The van der Waals surface area contributed by atoms with Crippen molar-refractivity contribution in [3.8, 4) is 0 Å². The molecule has 4 N–H and O–H groups in total. The summed E-state index contributed by atoms with van der Waals surface area (Å²) in [5, 5.41) is 8.08. The first-order valence-electron chi connectivity index (χ1n) is 2.29. The Bertz CT molecular complexity index is 107. The lowest BCUT2D eigenvalue weighted by Gasteiger charge is -1.91. The number of allylic oxidation sites excluding steroid dienone is 3. The van der Waals surface area contributed by atoms with Crippen molar-refractivity contribution in [3.05, 3.63) is 24.0 Å². The zero-order chi connectivity index (χ0) is 6.41. The Hall–Kier alpha value is -0.960. The molecule has 0 unspecified atom stereocenters. The molecular formula is C5H10N2O. The summed E-state index contributed by atoms with van der Waals surface area (Å²) in [6.45, 7) is 1.86. The molecule has 0 radical (unpaired) electrons. The minimum atomic E-state index is 0.239. The molecule has 0 fully saturated rings. The van der Waals surface area contributed by atoms with Crippen LogP contribution in [0.25, 0.3) is 0 Å². The Balaban J connectivity index is 3.57. The van der Waals surface area contributed by atoms with Crippen molar-refractivity contribution in [3.63, 3.8) is 0 Å². The van der Waals surface area contributed by atoms with Crippen molar-refractivity contribution >= 4 is 0 Å². The zero-order valence-electron chi connectivity index (χ0n) is 4.76. The molecule has 0 rings (SSSR count). The first-order valence-corrected chi connectivity index (χ1v) is 2.29. The predicted octanol–water partition coefficient (Wildman–Crippen LogP) is 0.341. The van der Waals surface area contributed by atoms with Gasteiger partial charge in [-0.3, -0.25) is 10.7 Å². The quantitative estimate of drug-likeness (QED) is 0.358. The Morgan fingerprint density at radius 2 is 2.38 bits per heavy atom. The van der Waals surface area contributed by atoms with Gasteiger partial charge >= 0.3 is 0 Å². The average Bonchev–Trinajstić information content (AvgIpc) is 1.83. The van der Waals surface area contributed by atoms with Gasteiger partial charge < -0.3 is 5.73 Å². The third kappa shape index (κ3) is 3.24. The van der Waals surface area contributed by atoms with Crippen LogP contribution in [0.2, 0.25) is 0 Å². The van der Waals surface area contributed by atoms with E-state index in [1.807, 2.05) is 13.0 Å². The fourth-order valence-corrected chi connectivity index (χ4v) is 0.237. The van der Waals surface area contributed by atoms with E-state index in [-0.39, 0.29) is 5.82 Å². The Morgan fingerprint density at radius 1 is 1.75 bits per heavy atom. The standard InChI is InChI=1S/C5H10N2O/c1-2-3-4-5(6)7-8/h2-4,7-8H,6H2,1H3/b3-2-,5-4+. The molecule has 0 atom stereocenters. The van der Waals surface area contributed by atoms with Crippen LogP contribution < -0.4 is 11.2 Å². The fraction of sp³-hybridized carbons (Fsp3) is 0.200. The summed E-state index contributed by atoms with van der Waals surface area (Å²) in [5.74, 6) is 0.239. The van der Waals surface area contributed by atoms with E-state index in [4.69, 9.17) is 10.9 Å². The zero-order valence-corrected chi connectivity index (χ0v) is 4.76. The lowest BCUT2D eigenvalue weighted by Crippen LogP contribution is -2.14. The maximum atomic E-state index is 8.08. The van der Waals surface area contributed by atoms with Crippen LogP contribution >= 0.6 is 0 Å². The SMILES string of the molecule is C/C=C\C=C(/N)NO. The molecule has 0 aromatic rings. The third-order valence-corrected chi connectivity index (χ3v) is 0.597. The normalized spacial score (nSPS) is 12.5. The Labute approximate surface area is 48.5 Å². The van der Waals surface area contributed by atoms with E-state index in [1.54, 1.807) is 17.6 Å². The van der Waals surface area contributed by atoms with E-state index < -0.39 is 0 Å². The molecule has 0 saturated carbocycles. The molecule has 3 heteroatoms. The highest BCUT2D eigenvalue weighted by Gasteiger charge is 1.74. The van der Waals surface area contributed by atoms with Crippen LogP contribution in [0, 0.1) is 0 Å². The summed E-state index contributed by atoms with van der Waals surface area (Å²) >= 11 is 0. The van der Waals surface area contributed by atoms with Gasteiger partial charge in [0.1, 0.15) is 5.82 Å². The third-order valence-electron chi connectivity index (χ3n) is 0.597. The Kier molecular flexibility index (Phi) is 3.70. The van der Waals surface area contributed by atoms with Gasteiger partial charge in [-0.25, -0.2) is 0 Å². The van der Waals surface area contributed by atoms with Crippen LogP contribution in [0.4, 0.5) is 0 Å². The van der Waals surface area contributed by atoms with Crippen LogP contribution in [-0.2, 0) is 0 Å². The van der Waals surface area contributed by atoms with Crippen LogP contribution in [0.1, 0.15) is 6.92 Å². The second-order valence-electron chi connectivity index (χ2n) is 1.26. The molecule has 0 aromatic carbocycles. The molecule has 46 valence electrons. The largest absolute Gasteiger partial charge is 0.384 e. The van der Waals surface area contributed by atoms with Crippen molar-refractivity contribution < 1.29 is 5.21 Å². The molecule has 0 amide bonds. The second-order valence-corrected chi connectivity index (χ2v) is 1.26. The van der Waals surface area contributed by atoms with Crippen LogP contribution in [-0.4, -0.2) is 5.21 Å². The number of rotatable bonds is 2. The highest BCUT2D eigenvalue weighted by atomic mass is 16.5. The van der Waals surface area contributed by atoms with Gasteiger partial charge in [-0.15, -0.1) is 0 Å². The average molecular weight is 114 g/mol. The van der Waals surface area contributed by atoms with E-state index in [0.717, 1.165) is 0 Å². The minimum absolute atomic E-state index is 0.239. The van der Waals surface area contributed by atoms with Gasteiger partial charge in [0, 0.05) is 0 Å². The fourth-order valence-electron chi connectivity index (χ4n) is 0.237. The summed E-state index contributed by atoms with van der Waals surface area (Å²) in [6, 6.07) is 0. The number of nitrogens with two attached hydrogens (primary N) is 1. The molecule has 0 aliphatic heterocycles. The summed E-state index contributed by atoms with van der Waals surface area (Å²) < 4.78 is 0. The smallest absolute Gasteiger partial charge is 0.120 e. The number of hydrogen-bond acceptors (Lipinski definition) is 3. The van der Waals surface area contributed by atoms with Gasteiger partial charge in [0.05, 0.1) is 0 Å². The van der Waals surface area contributed by atoms with Crippen LogP contribution in [0.3, 0.4) is 0 Å². The monoisotopic (exact) mass is 114 g/mol. The molecule has 3 nitrogen and oxygen atoms in total. The van der Waals surface area contributed by atoms with E-state index in [1.165, 1.54) is 0 Å².